The number of nitrogens with one attached hydrogen (secondary N) is 1. The fourth-order valence-corrected chi connectivity index (χ4v) is 3.78. The van der Waals surface area contributed by atoms with Gasteiger partial charge in [0.25, 0.3) is 0 Å². The molecular weight excluding hydrogens is 327 g/mol. The van der Waals surface area contributed by atoms with Crippen LogP contribution in [0.4, 0.5) is 10.2 Å². The van der Waals surface area contributed by atoms with E-state index in [0.29, 0.717) is 0 Å². The molecule has 2 aromatic carbocycles. The molecule has 1 aliphatic heterocycles. The van der Waals surface area contributed by atoms with E-state index in [9.17, 15) is 4.39 Å². The highest BCUT2D eigenvalue weighted by Gasteiger charge is 2.22. The van der Waals surface area contributed by atoms with Crippen LogP contribution in [-0.2, 0) is 0 Å². The Morgan fingerprint density at radius 2 is 1.69 bits per heavy atom. The first-order chi connectivity index (χ1) is 12.8. The molecule has 4 rings (SSSR count). The van der Waals surface area contributed by atoms with E-state index in [0.717, 1.165) is 66.2 Å². The van der Waals surface area contributed by atoms with Crippen molar-refractivity contribution in [1.29, 1.82) is 0 Å². The molecular formula is C21H23FN4. The summed E-state index contributed by atoms with van der Waals surface area (Å²) in [6.07, 6.45) is 2.33. The summed E-state index contributed by atoms with van der Waals surface area (Å²) in [5, 5.41) is 14.5. The quantitative estimate of drug-likeness (QED) is 0.775. The highest BCUT2D eigenvalue weighted by molar-refractivity contribution is 6.00. The summed E-state index contributed by atoms with van der Waals surface area (Å²) in [7, 11) is 2.01. The van der Waals surface area contributed by atoms with Gasteiger partial charge in [0.1, 0.15) is 11.5 Å². The Morgan fingerprint density at radius 1 is 1.00 bits per heavy atom. The SMILES string of the molecule is CNCC1CCN(c2nnc(-c3ccc(F)cc3)c3ccccc23)CC1. The number of nitrogens with zero attached hydrogens (tertiary/aromatic N) is 3. The molecule has 0 amide bonds. The van der Waals surface area contributed by atoms with Crippen LogP contribution in [0.5, 0.6) is 0 Å². The second-order valence-electron chi connectivity index (χ2n) is 6.91. The molecule has 0 radical (unpaired) electrons. The van der Waals surface area contributed by atoms with Crippen molar-refractivity contribution in [3.63, 3.8) is 0 Å². The van der Waals surface area contributed by atoms with Crippen LogP contribution in [0.3, 0.4) is 0 Å². The van der Waals surface area contributed by atoms with Gasteiger partial charge in [-0.1, -0.05) is 24.3 Å². The Balaban J connectivity index is 1.70. The second kappa shape index (κ2) is 7.38. The summed E-state index contributed by atoms with van der Waals surface area (Å²) < 4.78 is 13.3. The van der Waals surface area contributed by atoms with Crippen molar-refractivity contribution in [2.24, 2.45) is 5.92 Å². The van der Waals surface area contributed by atoms with Crippen LogP contribution in [0.15, 0.2) is 48.5 Å². The zero-order chi connectivity index (χ0) is 17.9. The number of anilines is 1. The predicted octanol–water partition coefficient (Wildman–Crippen LogP) is 3.87. The van der Waals surface area contributed by atoms with Crippen molar-refractivity contribution >= 4 is 16.6 Å². The minimum Gasteiger partial charge on any atom is -0.355 e. The lowest BCUT2D eigenvalue weighted by molar-refractivity contribution is 0.392. The summed E-state index contributed by atoms with van der Waals surface area (Å²) in [6.45, 7) is 3.08. The topological polar surface area (TPSA) is 41.0 Å². The molecule has 1 aliphatic rings. The van der Waals surface area contributed by atoms with E-state index >= 15 is 0 Å². The summed E-state index contributed by atoms with van der Waals surface area (Å²) in [5.74, 6) is 1.44. The maximum Gasteiger partial charge on any atom is 0.159 e. The molecule has 26 heavy (non-hydrogen) atoms. The third-order valence-electron chi connectivity index (χ3n) is 5.19. The highest BCUT2D eigenvalue weighted by Crippen LogP contribution is 2.33. The Hall–Kier alpha value is -2.53. The minimum absolute atomic E-state index is 0.243. The van der Waals surface area contributed by atoms with Gasteiger partial charge in [-0.3, -0.25) is 0 Å². The Labute approximate surface area is 153 Å². The van der Waals surface area contributed by atoms with Gasteiger partial charge in [0, 0.05) is 29.4 Å². The average molecular weight is 350 g/mol. The minimum atomic E-state index is -0.243. The van der Waals surface area contributed by atoms with Gasteiger partial charge in [-0.05, 0) is 56.6 Å². The smallest absolute Gasteiger partial charge is 0.159 e. The van der Waals surface area contributed by atoms with Crippen molar-refractivity contribution < 1.29 is 4.39 Å². The molecule has 2 heterocycles. The largest absolute Gasteiger partial charge is 0.355 e. The molecule has 0 aliphatic carbocycles. The van der Waals surface area contributed by atoms with Crippen LogP contribution < -0.4 is 10.2 Å². The van der Waals surface area contributed by atoms with E-state index in [4.69, 9.17) is 0 Å². The van der Waals surface area contributed by atoms with E-state index < -0.39 is 0 Å². The third-order valence-corrected chi connectivity index (χ3v) is 5.19. The normalized spacial score (nSPS) is 15.5. The molecule has 1 saturated heterocycles. The van der Waals surface area contributed by atoms with Gasteiger partial charge in [0.2, 0.25) is 0 Å². The predicted molar refractivity (Wildman–Crippen MR) is 104 cm³/mol. The Morgan fingerprint density at radius 3 is 2.38 bits per heavy atom. The first-order valence-electron chi connectivity index (χ1n) is 9.17. The van der Waals surface area contributed by atoms with Gasteiger partial charge >= 0.3 is 0 Å². The van der Waals surface area contributed by atoms with Crippen molar-refractivity contribution in [3.8, 4) is 11.3 Å². The summed E-state index contributed by atoms with van der Waals surface area (Å²) in [5.41, 5.74) is 1.68. The van der Waals surface area contributed by atoms with E-state index in [1.54, 1.807) is 12.1 Å². The molecule has 1 N–H and O–H groups in total. The lowest BCUT2D eigenvalue weighted by Gasteiger charge is -2.33. The van der Waals surface area contributed by atoms with Crippen LogP contribution in [0, 0.1) is 11.7 Å². The molecule has 0 saturated carbocycles. The van der Waals surface area contributed by atoms with Crippen LogP contribution in [-0.4, -0.2) is 36.9 Å². The molecule has 1 aromatic heterocycles. The van der Waals surface area contributed by atoms with Crippen molar-refractivity contribution in [2.75, 3.05) is 31.6 Å². The summed E-state index contributed by atoms with van der Waals surface area (Å²) in [6, 6.07) is 14.7. The maximum absolute atomic E-state index is 13.3. The molecule has 0 spiro atoms. The maximum atomic E-state index is 13.3. The highest BCUT2D eigenvalue weighted by atomic mass is 19.1. The van der Waals surface area contributed by atoms with Crippen molar-refractivity contribution in [2.45, 2.75) is 12.8 Å². The van der Waals surface area contributed by atoms with Crippen LogP contribution >= 0.6 is 0 Å². The number of benzene rings is 2. The molecule has 0 unspecified atom stereocenters. The molecule has 134 valence electrons. The van der Waals surface area contributed by atoms with Gasteiger partial charge in [0.15, 0.2) is 5.82 Å². The molecule has 5 heteroatoms. The fraction of sp³-hybridized carbons (Fsp3) is 0.333. The van der Waals surface area contributed by atoms with E-state index in [1.807, 2.05) is 19.2 Å². The fourth-order valence-electron chi connectivity index (χ4n) is 3.78. The van der Waals surface area contributed by atoms with Crippen LogP contribution in [0.1, 0.15) is 12.8 Å². The monoisotopic (exact) mass is 350 g/mol. The number of hydrogen-bond donors (Lipinski definition) is 1. The number of halogens is 1. The number of rotatable bonds is 4. The standard InChI is InChI=1S/C21H23FN4/c1-23-14-15-10-12-26(13-11-15)21-19-5-3-2-4-18(19)20(24-25-21)16-6-8-17(22)9-7-16/h2-9,15,23H,10-14H2,1H3. The number of aromatic nitrogens is 2. The van der Waals surface area contributed by atoms with Crippen molar-refractivity contribution in [1.82, 2.24) is 15.5 Å². The summed E-state index contributed by atoms with van der Waals surface area (Å²) >= 11 is 0. The molecule has 4 nitrogen and oxygen atoms in total. The van der Waals surface area contributed by atoms with E-state index in [-0.39, 0.29) is 5.82 Å². The van der Waals surface area contributed by atoms with Gasteiger partial charge < -0.3 is 10.2 Å². The average Bonchev–Trinajstić information content (AvgIpc) is 2.69. The van der Waals surface area contributed by atoms with Gasteiger partial charge in [-0.15, -0.1) is 10.2 Å². The summed E-state index contributed by atoms with van der Waals surface area (Å²) in [4.78, 5) is 2.34. The second-order valence-corrected chi connectivity index (χ2v) is 6.91. The van der Waals surface area contributed by atoms with Crippen molar-refractivity contribution in [3.05, 3.63) is 54.3 Å². The lowest BCUT2D eigenvalue weighted by atomic mass is 9.96. The zero-order valence-corrected chi connectivity index (χ0v) is 15.0. The molecule has 3 aromatic rings. The van der Waals surface area contributed by atoms with Gasteiger partial charge in [0.05, 0.1) is 0 Å². The first-order valence-corrected chi connectivity index (χ1v) is 9.17. The van der Waals surface area contributed by atoms with Gasteiger partial charge in [-0.2, -0.15) is 0 Å². The first kappa shape index (κ1) is 16.9. The van der Waals surface area contributed by atoms with Crippen LogP contribution in [0.2, 0.25) is 0 Å². The number of piperidine rings is 1. The molecule has 1 fully saturated rings. The lowest BCUT2D eigenvalue weighted by Crippen LogP contribution is -2.37. The third kappa shape index (κ3) is 3.27. The number of hydrogen-bond acceptors (Lipinski definition) is 4. The van der Waals surface area contributed by atoms with E-state index in [2.05, 4.69) is 32.5 Å². The Kier molecular flexibility index (Phi) is 4.80. The Bertz CT molecular complexity index is 886. The zero-order valence-electron chi connectivity index (χ0n) is 15.0. The molecule has 0 bridgehead atoms. The number of fused-ring (bicyclic) bond motifs is 1. The van der Waals surface area contributed by atoms with Crippen LogP contribution in [0.25, 0.3) is 22.0 Å². The van der Waals surface area contributed by atoms with E-state index in [1.165, 1.54) is 12.1 Å². The van der Waals surface area contributed by atoms with Gasteiger partial charge in [-0.25, -0.2) is 4.39 Å². The molecule has 0 atom stereocenters.